The number of nitrogens with two attached hydrogens (primary N) is 1. The fraction of sp³-hybridized carbons (Fsp3) is 0.611. The molecule has 0 radical (unpaired) electrons. The van der Waals surface area contributed by atoms with Gasteiger partial charge in [-0.05, 0) is 48.4 Å². The molecule has 0 spiro atoms. The molecule has 4 nitrogen and oxygen atoms in total. The van der Waals surface area contributed by atoms with Gasteiger partial charge < -0.3 is 15.4 Å². The zero-order valence-electron chi connectivity index (χ0n) is 14.4. The summed E-state index contributed by atoms with van der Waals surface area (Å²) in [5.41, 5.74) is 9.73. The zero-order chi connectivity index (χ0) is 16.1. The van der Waals surface area contributed by atoms with Crippen molar-refractivity contribution in [2.24, 2.45) is 11.1 Å². The van der Waals surface area contributed by atoms with Crippen molar-refractivity contribution in [2.45, 2.75) is 52.7 Å². The Morgan fingerprint density at radius 3 is 2.61 bits per heavy atom. The van der Waals surface area contributed by atoms with Gasteiger partial charge in [0.15, 0.2) is 6.10 Å². The molecule has 5 heteroatoms. The third kappa shape index (κ3) is 3.33. The summed E-state index contributed by atoms with van der Waals surface area (Å²) in [5, 5.41) is 0. The van der Waals surface area contributed by atoms with E-state index in [9.17, 15) is 4.79 Å². The lowest BCUT2D eigenvalue weighted by atomic mass is 9.79. The number of likely N-dealkylation sites (tertiary alicyclic amines) is 1. The molecule has 1 aromatic carbocycles. The Labute approximate surface area is 144 Å². The van der Waals surface area contributed by atoms with E-state index in [-0.39, 0.29) is 35.9 Å². The number of rotatable bonds is 1. The minimum Gasteiger partial charge on any atom is -0.480 e. The average molecular weight is 339 g/mol. The Morgan fingerprint density at radius 1 is 1.30 bits per heavy atom. The lowest BCUT2D eigenvalue weighted by Gasteiger charge is -2.43. The van der Waals surface area contributed by atoms with Crippen LogP contribution < -0.4 is 10.5 Å². The van der Waals surface area contributed by atoms with Crippen LogP contribution in [0.15, 0.2) is 12.1 Å². The third-order valence-corrected chi connectivity index (χ3v) is 5.25. The second-order valence-electron chi connectivity index (χ2n) is 7.50. The lowest BCUT2D eigenvalue weighted by molar-refractivity contribution is -0.141. The van der Waals surface area contributed by atoms with Crippen molar-refractivity contribution >= 4 is 18.3 Å². The molecule has 1 fully saturated rings. The highest BCUT2D eigenvalue weighted by Crippen LogP contribution is 2.34. The Balaban J connectivity index is 0.00000192. The van der Waals surface area contributed by atoms with E-state index in [0.29, 0.717) is 13.0 Å². The monoisotopic (exact) mass is 338 g/mol. The number of carbonyl (C=O) groups is 1. The maximum absolute atomic E-state index is 12.8. The molecule has 2 unspecified atom stereocenters. The number of halogens is 1. The highest BCUT2D eigenvalue weighted by molar-refractivity contribution is 5.85. The van der Waals surface area contributed by atoms with Crippen molar-refractivity contribution in [1.82, 2.24) is 4.90 Å². The molecule has 0 saturated carbocycles. The maximum Gasteiger partial charge on any atom is 0.264 e. The first kappa shape index (κ1) is 18.1. The summed E-state index contributed by atoms with van der Waals surface area (Å²) in [5.74, 6) is 0.973. The normalized spacial score (nSPS) is 25.3. The van der Waals surface area contributed by atoms with E-state index >= 15 is 0 Å². The van der Waals surface area contributed by atoms with E-state index in [2.05, 4.69) is 33.8 Å². The van der Waals surface area contributed by atoms with Crippen molar-refractivity contribution < 1.29 is 9.53 Å². The Hall–Kier alpha value is -1.26. The highest BCUT2D eigenvalue weighted by Gasteiger charge is 2.39. The van der Waals surface area contributed by atoms with E-state index in [1.807, 2.05) is 11.0 Å². The number of nitrogens with zero attached hydrogens (tertiary/aromatic N) is 1. The van der Waals surface area contributed by atoms with Gasteiger partial charge in [-0.15, -0.1) is 12.4 Å². The Bertz CT molecular complexity index is 584. The summed E-state index contributed by atoms with van der Waals surface area (Å²) >= 11 is 0. The predicted molar refractivity (Wildman–Crippen MR) is 94.2 cm³/mol. The highest BCUT2D eigenvalue weighted by atomic mass is 35.5. The number of piperidine rings is 1. The molecule has 2 atom stereocenters. The predicted octanol–water partition coefficient (Wildman–Crippen LogP) is 2.61. The van der Waals surface area contributed by atoms with Crippen molar-refractivity contribution in [2.75, 3.05) is 13.1 Å². The first-order chi connectivity index (χ1) is 10.3. The van der Waals surface area contributed by atoms with Gasteiger partial charge in [0, 0.05) is 25.6 Å². The van der Waals surface area contributed by atoms with Crippen molar-refractivity contribution in [3.63, 3.8) is 0 Å². The van der Waals surface area contributed by atoms with Crippen LogP contribution in [0, 0.1) is 19.3 Å². The lowest BCUT2D eigenvalue weighted by Crippen LogP contribution is -2.56. The number of aryl methyl sites for hydroxylation is 2. The van der Waals surface area contributed by atoms with Gasteiger partial charge in [0.2, 0.25) is 0 Å². The van der Waals surface area contributed by atoms with Crippen LogP contribution in [0.5, 0.6) is 5.75 Å². The van der Waals surface area contributed by atoms with Crippen molar-refractivity contribution in [3.05, 3.63) is 28.8 Å². The van der Waals surface area contributed by atoms with E-state index in [0.717, 1.165) is 24.3 Å². The molecule has 128 valence electrons. The zero-order valence-corrected chi connectivity index (χ0v) is 15.2. The molecule has 23 heavy (non-hydrogen) atoms. The van der Waals surface area contributed by atoms with Gasteiger partial charge in [0.1, 0.15) is 5.75 Å². The van der Waals surface area contributed by atoms with E-state index in [1.54, 1.807) is 0 Å². The van der Waals surface area contributed by atoms with E-state index < -0.39 is 0 Å². The molecule has 2 N–H and O–H groups in total. The van der Waals surface area contributed by atoms with Gasteiger partial charge in [0.05, 0.1) is 0 Å². The second kappa shape index (κ2) is 6.33. The van der Waals surface area contributed by atoms with Crippen LogP contribution in [-0.4, -0.2) is 36.0 Å². The Morgan fingerprint density at radius 2 is 1.96 bits per heavy atom. The number of carbonyl (C=O) groups excluding carboxylic acids is 1. The standard InChI is InChI=1S/C18H26N2O2.ClH/c1-11-7-13-9-15(22-14(13)8-12(11)2)17(21)20-6-5-16(19)18(3,4)10-20;/h7-8,15-16H,5-6,9-10,19H2,1-4H3;1H. The van der Waals surface area contributed by atoms with Crippen molar-refractivity contribution in [1.29, 1.82) is 0 Å². The number of ether oxygens (including phenoxy) is 1. The smallest absolute Gasteiger partial charge is 0.264 e. The van der Waals surface area contributed by atoms with Gasteiger partial charge in [-0.1, -0.05) is 19.9 Å². The fourth-order valence-corrected chi connectivity index (χ4v) is 3.42. The van der Waals surface area contributed by atoms with Crippen LogP contribution in [0.1, 0.15) is 37.0 Å². The second-order valence-corrected chi connectivity index (χ2v) is 7.50. The summed E-state index contributed by atoms with van der Waals surface area (Å²) in [7, 11) is 0. The minimum atomic E-state index is -0.374. The molecule has 0 aromatic heterocycles. The van der Waals surface area contributed by atoms with Crippen LogP contribution in [0.4, 0.5) is 0 Å². The Kier molecular flexibility index (Phi) is 4.97. The molecular weight excluding hydrogens is 312 g/mol. The molecule has 2 aliphatic heterocycles. The van der Waals surface area contributed by atoms with E-state index in [4.69, 9.17) is 10.5 Å². The van der Waals surface area contributed by atoms with Gasteiger partial charge in [0.25, 0.3) is 5.91 Å². The summed E-state index contributed by atoms with van der Waals surface area (Å²) in [6.07, 6.45) is 1.16. The summed E-state index contributed by atoms with van der Waals surface area (Å²) in [6, 6.07) is 4.35. The molecule has 2 aliphatic rings. The third-order valence-electron chi connectivity index (χ3n) is 5.25. The van der Waals surface area contributed by atoms with Crippen LogP contribution >= 0.6 is 12.4 Å². The number of amides is 1. The first-order valence-electron chi connectivity index (χ1n) is 8.09. The molecule has 2 heterocycles. The topological polar surface area (TPSA) is 55.6 Å². The molecule has 1 amide bonds. The van der Waals surface area contributed by atoms with Crippen LogP contribution in [0.25, 0.3) is 0 Å². The number of hydrogen-bond acceptors (Lipinski definition) is 3. The summed E-state index contributed by atoms with van der Waals surface area (Å²) in [4.78, 5) is 14.7. The molecule has 0 aliphatic carbocycles. The average Bonchev–Trinajstić information content (AvgIpc) is 2.84. The fourth-order valence-electron chi connectivity index (χ4n) is 3.42. The summed E-state index contributed by atoms with van der Waals surface area (Å²) in [6.45, 7) is 9.88. The van der Waals surface area contributed by atoms with Gasteiger partial charge >= 0.3 is 0 Å². The number of benzene rings is 1. The molecular formula is C18H27ClN2O2. The maximum atomic E-state index is 12.8. The van der Waals surface area contributed by atoms with Crippen LogP contribution in [0.2, 0.25) is 0 Å². The summed E-state index contributed by atoms with van der Waals surface area (Å²) < 4.78 is 5.93. The molecule has 3 rings (SSSR count). The molecule has 0 bridgehead atoms. The molecule has 1 aromatic rings. The van der Waals surface area contributed by atoms with Gasteiger partial charge in [-0.3, -0.25) is 4.79 Å². The number of fused-ring (bicyclic) bond motifs is 1. The largest absolute Gasteiger partial charge is 0.480 e. The van der Waals surface area contributed by atoms with Gasteiger partial charge in [-0.25, -0.2) is 0 Å². The van der Waals surface area contributed by atoms with E-state index in [1.165, 1.54) is 11.1 Å². The van der Waals surface area contributed by atoms with Crippen LogP contribution in [-0.2, 0) is 11.2 Å². The van der Waals surface area contributed by atoms with Gasteiger partial charge in [-0.2, -0.15) is 0 Å². The van der Waals surface area contributed by atoms with Crippen LogP contribution in [0.3, 0.4) is 0 Å². The minimum absolute atomic E-state index is 0. The van der Waals surface area contributed by atoms with Crippen molar-refractivity contribution in [3.8, 4) is 5.75 Å². The molecule has 1 saturated heterocycles. The number of hydrogen-bond donors (Lipinski definition) is 1. The SMILES string of the molecule is Cc1cc2c(cc1C)OC(C(=O)N1CCC(N)C(C)(C)C1)C2.Cl. The first-order valence-corrected chi connectivity index (χ1v) is 8.09. The quantitative estimate of drug-likeness (QED) is 0.856.